The average Bonchev–Trinajstić information content (AvgIpc) is 2.67. The van der Waals surface area contributed by atoms with Crippen molar-refractivity contribution in [2.75, 3.05) is 0 Å². The molecule has 1 atom stereocenters. The lowest BCUT2D eigenvalue weighted by Crippen LogP contribution is -2.23. The Morgan fingerprint density at radius 2 is 1.32 bits per heavy atom. The van der Waals surface area contributed by atoms with E-state index in [9.17, 15) is 0 Å². The third-order valence-corrected chi connectivity index (χ3v) is 5.43. The zero-order valence-corrected chi connectivity index (χ0v) is 14.8. The third kappa shape index (κ3) is 2.29. The highest BCUT2D eigenvalue weighted by Gasteiger charge is 2.45. The number of hydrogen-bond acceptors (Lipinski definition) is 0. The van der Waals surface area contributed by atoms with Crippen LogP contribution in [0.2, 0.25) is 0 Å². The Labute approximate surface area is 135 Å². The second-order valence-corrected chi connectivity index (χ2v) is 8.77. The smallest absolute Gasteiger partial charge is 0.0185 e. The lowest BCUT2D eigenvalue weighted by atomic mass is 9.74. The molecular weight excluding hydrogens is 264 g/mol. The first-order valence-electron chi connectivity index (χ1n) is 8.36. The lowest BCUT2D eigenvalue weighted by molar-refractivity contribution is 0.425. The van der Waals surface area contributed by atoms with Crippen molar-refractivity contribution in [2.45, 2.75) is 64.2 Å². The molecule has 22 heavy (non-hydrogen) atoms. The van der Waals surface area contributed by atoms with E-state index in [0.29, 0.717) is 0 Å². The quantitative estimate of drug-likeness (QED) is 0.607. The molecule has 0 radical (unpaired) electrons. The molecule has 0 fully saturated rings. The molecule has 2 aromatic carbocycles. The Bertz CT molecular complexity index is 683. The summed E-state index contributed by atoms with van der Waals surface area (Å²) in [4.78, 5) is 0. The first-order chi connectivity index (χ1) is 10.1. The third-order valence-electron chi connectivity index (χ3n) is 5.43. The van der Waals surface area contributed by atoms with Gasteiger partial charge in [-0.1, -0.05) is 90.1 Å². The maximum Gasteiger partial charge on any atom is 0.0185 e. The molecule has 0 heterocycles. The SMILES string of the molecule is CC(C)(C)c1ccc(C2(C)CC(C)(C)c3ccccc32)cc1. The van der Waals surface area contributed by atoms with Crippen molar-refractivity contribution in [1.29, 1.82) is 0 Å². The minimum Gasteiger partial charge on any atom is -0.0620 e. The van der Waals surface area contributed by atoms with Crippen LogP contribution in [0, 0.1) is 0 Å². The molecule has 1 aliphatic carbocycles. The van der Waals surface area contributed by atoms with Gasteiger partial charge in [0.2, 0.25) is 0 Å². The Hall–Kier alpha value is -1.56. The standard InChI is InChI=1S/C22H28/c1-20(2,3)16-11-13-17(14-12-16)22(6)15-21(4,5)18-9-7-8-10-19(18)22/h7-14H,15H2,1-6H3. The average molecular weight is 292 g/mol. The molecule has 0 saturated heterocycles. The van der Waals surface area contributed by atoms with Gasteiger partial charge in [0.25, 0.3) is 0 Å². The van der Waals surface area contributed by atoms with Gasteiger partial charge in [-0.2, -0.15) is 0 Å². The van der Waals surface area contributed by atoms with Crippen LogP contribution >= 0.6 is 0 Å². The summed E-state index contributed by atoms with van der Waals surface area (Å²) >= 11 is 0. The van der Waals surface area contributed by atoms with Crippen LogP contribution in [0.3, 0.4) is 0 Å². The van der Waals surface area contributed by atoms with E-state index in [1.165, 1.54) is 28.7 Å². The maximum absolute atomic E-state index is 2.41. The van der Waals surface area contributed by atoms with Gasteiger partial charge in [-0.05, 0) is 39.5 Å². The summed E-state index contributed by atoms with van der Waals surface area (Å²) in [5.74, 6) is 0. The zero-order valence-electron chi connectivity index (χ0n) is 14.8. The van der Waals surface area contributed by atoms with Crippen molar-refractivity contribution in [3.05, 3.63) is 70.8 Å². The summed E-state index contributed by atoms with van der Waals surface area (Å²) in [5.41, 5.74) is 6.45. The minimum atomic E-state index is 0.122. The zero-order chi connectivity index (χ0) is 16.2. The van der Waals surface area contributed by atoms with Crippen molar-refractivity contribution in [3.63, 3.8) is 0 Å². The fraction of sp³-hybridized carbons (Fsp3) is 0.455. The molecule has 1 unspecified atom stereocenters. The molecule has 3 rings (SSSR count). The molecule has 0 heteroatoms. The molecule has 0 aromatic heterocycles. The van der Waals surface area contributed by atoms with E-state index in [0.717, 1.165) is 0 Å². The molecule has 0 aliphatic heterocycles. The van der Waals surface area contributed by atoms with Gasteiger partial charge in [0.15, 0.2) is 0 Å². The Kier molecular flexibility index (Phi) is 3.29. The minimum absolute atomic E-state index is 0.122. The van der Waals surface area contributed by atoms with E-state index in [1.54, 1.807) is 0 Å². The van der Waals surface area contributed by atoms with Crippen LogP contribution < -0.4 is 0 Å². The van der Waals surface area contributed by atoms with Crippen molar-refractivity contribution in [1.82, 2.24) is 0 Å². The largest absolute Gasteiger partial charge is 0.0620 e. The lowest BCUT2D eigenvalue weighted by Gasteiger charge is -2.29. The van der Waals surface area contributed by atoms with Gasteiger partial charge in [0, 0.05) is 5.41 Å². The first-order valence-corrected chi connectivity index (χ1v) is 8.36. The number of benzene rings is 2. The van der Waals surface area contributed by atoms with Crippen molar-refractivity contribution >= 4 is 0 Å². The number of hydrogen-bond donors (Lipinski definition) is 0. The monoisotopic (exact) mass is 292 g/mol. The highest BCUT2D eigenvalue weighted by molar-refractivity contribution is 5.51. The molecule has 116 valence electrons. The predicted octanol–water partition coefficient (Wildman–Crippen LogP) is 5.97. The van der Waals surface area contributed by atoms with Gasteiger partial charge in [-0.15, -0.1) is 0 Å². The fourth-order valence-corrected chi connectivity index (χ4v) is 4.22. The summed E-state index contributed by atoms with van der Waals surface area (Å²) in [7, 11) is 0. The van der Waals surface area contributed by atoms with Crippen LogP contribution in [-0.4, -0.2) is 0 Å². The predicted molar refractivity (Wildman–Crippen MR) is 95.7 cm³/mol. The normalized spacial score (nSPS) is 23.4. The van der Waals surface area contributed by atoms with Crippen LogP contribution in [0.5, 0.6) is 0 Å². The summed E-state index contributed by atoms with van der Waals surface area (Å²) < 4.78 is 0. The van der Waals surface area contributed by atoms with E-state index in [1.807, 2.05) is 0 Å². The summed E-state index contributed by atoms with van der Waals surface area (Å²) in [6.07, 6.45) is 1.17. The second kappa shape index (κ2) is 4.72. The molecule has 2 aromatic rings. The van der Waals surface area contributed by atoms with Crippen molar-refractivity contribution in [3.8, 4) is 0 Å². The maximum atomic E-state index is 2.41. The van der Waals surface area contributed by atoms with E-state index in [4.69, 9.17) is 0 Å². The molecule has 0 bridgehead atoms. The number of rotatable bonds is 1. The molecule has 0 N–H and O–H groups in total. The molecule has 0 spiro atoms. The van der Waals surface area contributed by atoms with E-state index in [-0.39, 0.29) is 16.2 Å². The van der Waals surface area contributed by atoms with Crippen LogP contribution in [0.4, 0.5) is 0 Å². The summed E-state index contributed by atoms with van der Waals surface area (Å²) in [5, 5.41) is 0. The summed E-state index contributed by atoms with van der Waals surface area (Å²) in [6.45, 7) is 14.0. The van der Waals surface area contributed by atoms with Gasteiger partial charge in [0.1, 0.15) is 0 Å². The van der Waals surface area contributed by atoms with Gasteiger partial charge < -0.3 is 0 Å². The van der Waals surface area contributed by atoms with Crippen LogP contribution in [0.1, 0.15) is 70.2 Å². The highest BCUT2D eigenvalue weighted by atomic mass is 14.5. The van der Waals surface area contributed by atoms with Gasteiger partial charge in [0.05, 0.1) is 0 Å². The van der Waals surface area contributed by atoms with E-state index >= 15 is 0 Å². The van der Waals surface area contributed by atoms with Crippen LogP contribution in [0.15, 0.2) is 48.5 Å². The second-order valence-electron chi connectivity index (χ2n) is 8.77. The van der Waals surface area contributed by atoms with Crippen LogP contribution in [-0.2, 0) is 16.2 Å². The first kappa shape index (κ1) is 15.3. The van der Waals surface area contributed by atoms with Crippen molar-refractivity contribution in [2.24, 2.45) is 0 Å². The van der Waals surface area contributed by atoms with Crippen LogP contribution in [0.25, 0.3) is 0 Å². The Morgan fingerprint density at radius 3 is 1.86 bits per heavy atom. The van der Waals surface area contributed by atoms with E-state index in [2.05, 4.69) is 90.1 Å². The Balaban J connectivity index is 2.09. The number of fused-ring (bicyclic) bond motifs is 1. The molecule has 0 amide bonds. The topological polar surface area (TPSA) is 0 Å². The highest BCUT2D eigenvalue weighted by Crippen LogP contribution is 2.52. The molecule has 0 saturated carbocycles. The van der Waals surface area contributed by atoms with Gasteiger partial charge >= 0.3 is 0 Å². The van der Waals surface area contributed by atoms with Gasteiger partial charge in [-0.3, -0.25) is 0 Å². The summed E-state index contributed by atoms with van der Waals surface area (Å²) in [6, 6.07) is 18.3. The molecule has 0 nitrogen and oxygen atoms in total. The van der Waals surface area contributed by atoms with Gasteiger partial charge in [-0.25, -0.2) is 0 Å². The fourth-order valence-electron chi connectivity index (χ4n) is 4.22. The Morgan fingerprint density at radius 1 is 0.773 bits per heavy atom. The molecule has 1 aliphatic rings. The molecular formula is C22H28. The van der Waals surface area contributed by atoms with Crippen molar-refractivity contribution < 1.29 is 0 Å². The van der Waals surface area contributed by atoms with E-state index < -0.39 is 0 Å².